The summed E-state index contributed by atoms with van der Waals surface area (Å²) in [7, 11) is 0. The maximum absolute atomic E-state index is 13.6. The Morgan fingerprint density at radius 2 is 1.73 bits per heavy atom. The van der Waals surface area contributed by atoms with Crippen LogP contribution in [0.3, 0.4) is 0 Å². The van der Waals surface area contributed by atoms with E-state index < -0.39 is 23.4 Å². The maximum Gasteiger partial charge on any atom is 0.278 e. The van der Waals surface area contributed by atoms with Crippen LogP contribution < -0.4 is 5.32 Å². The number of thiophene rings is 1. The predicted molar refractivity (Wildman–Crippen MR) is 113 cm³/mol. The number of hydrogen-bond donors (Lipinski definition) is 1. The second kappa shape index (κ2) is 8.38. The number of halogens is 3. The third-order valence-electron chi connectivity index (χ3n) is 4.66. The van der Waals surface area contributed by atoms with Gasteiger partial charge < -0.3 is 5.32 Å². The highest BCUT2D eigenvalue weighted by molar-refractivity contribution is 7.11. The molecule has 4 rings (SSSR count). The number of benzene rings is 2. The van der Waals surface area contributed by atoms with Crippen LogP contribution in [0.15, 0.2) is 65.7 Å². The van der Waals surface area contributed by atoms with Crippen molar-refractivity contribution in [2.24, 2.45) is 0 Å². The molecule has 0 saturated carbocycles. The third-order valence-corrected chi connectivity index (χ3v) is 5.80. The van der Waals surface area contributed by atoms with Crippen LogP contribution in [0.5, 0.6) is 0 Å². The average Bonchev–Trinajstić information content (AvgIpc) is 3.32. The van der Waals surface area contributed by atoms with Crippen LogP contribution in [0.1, 0.15) is 10.4 Å². The van der Waals surface area contributed by atoms with Gasteiger partial charge in [-0.25, -0.2) is 8.78 Å². The fraction of sp³-hybridized carbons (Fsp3) is 0.0909. The lowest BCUT2D eigenvalue weighted by atomic mass is 10.1. The molecule has 0 unspecified atom stereocenters. The standard InChI is InChI=1S/C22H15ClF2N2O2S/c23-14-5-3-13(4-6-14)9-10-27-21(28)19(18-2-1-11-30-18)20(22(27)29)26-15-7-8-16(24)17(25)12-15/h1-8,11-12,26H,9-10H2. The van der Waals surface area contributed by atoms with Crippen molar-refractivity contribution in [2.75, 3.05) is 11.9 Å². The lowest BCUT2D eigenvalue weighted by Gasteiger charge is -2.15. The first kappa shape index (κ1) is 20.3. The topological polar surface area (TPSA) is 49.4 Å². The first-order valence-corrected chi connectivity index (χ1v) is 10.3. The molecule has 0 spiro atoms. The van der Waals surface area contributed by atoms with Crippen LogP contribution in [0, 0.1) is 11.6 Å². The summed E-state index contributed by atoms with van der Waals surface area (Å²) in [5.41, 5.74) is 1.37. The van der Waals surface area contributed by atoms with E-state index in [-0.39, 0.29) is 23.5 Å². The molecule has 2 heterocycles. The number of carbonyl (C=O) groups excluding carboxylic acids is 2. The molecular weight excluding hydrogens is 430 g/mol. The highest BCUT2D eigenvalue weighted by Gasteiger charge is 2.39. The van der Waals surface area contributed by atoms with Crippen LogP contribution in [-0.2, 0) is 16.0 Å². The minimum absolute atomic E-state index is 0.0459. The molecule has 0 atom stereocenters. The van der Waals surface area contributed by atoms with E-state index in [0.29, 0.717) is 16.3 Å². The normalized spacial score (nSPS) is 14.0. The van der Waals surface area contributed by atoms with Crippen LogP contribution in [-0.4, -0.2) is 23.3 Å². The van der Waals surface area contributed by atoms with Crippen molar-refractivity contribution < 1.29 is 18.4 Å². The molecule has 3 aromatic rings. The van der Waals surface area contributed by atoms with Crippen molar-refractivity contribution in [3.63, 3.8) is 0 Å². The van der Waals surface area contributed by atoms with Crippen molar-refractivity contribution in [2.45, 2.75) is 6.42 Å². The third kappa shape index (κ3) is 3.99. The van der Waals surface area contributed by atoms with Crippen molar-refractivity contribution in [1.29, 1.82) is 0 Å². The number of anilines is 1. The summed E-state index contributed by atoms with van der Waals surface area (Å²) >= 11 is 7.21. The lowest BCUT2D eigenvalue weighted by Crippen LogP contribution is -2.34. The Morgan fingerprint density at radius 3 is 2.40 bits per heavy atom. The van der Waals surface area contributed by atoms with Crippen LogP contribution in [0.2, 0.25) is 5.02 Å². The van der Waals surface area contributed by atoms with Gasteiger partial charge in [-0.2, -0.15) is 0 Å². The van der Waals surface area contributed by atoms with Crippen molar-refractivity contribution in [1.82, 2.24) is 4.90 Å². The zero-order chi connectivity index (χ0) is 21.3. The van der Waals surface area contributed by atoms with Gasteiger partial charge in [0.2, 0.25) is 0 Å². The summed E-state index contributed by atoms with van der Waals surface area (Å²) in [5.74, 6) is -2.98. The minimum Gasteiger partial charge on any atom is -0.350 e. The Balaban J connectivity index is 1.62. The zero-order valence-corrected chi connectivity index (χ0v) is 17.1. The maximum atomic E-state index is 13.6. The van der Waals surface area contributed by atoms with Crippen LogP contribution in [0.4, 0.5) is 14.5 Å². The molecule has 1 aliphatic rings. The average molecular weight is 445 g/mol. The number of carbonyl (C=O) groups is 2. The van der Waals surface area contributed by atoms with Gasteiger partial charge in [0.1, 0.15) is 5.70 Å². The molecule has 2 amide bonds. The van der Waals surface area contributed by atoms with Crippen molar-refractivity contribution in [3.8, 4) is 0 Å². The van der Waals surface area contributed by atoms with Crippen molar-refractivity contribution in [3.05, 3.63) is 92.8 Å². The molecule has 0 saturated heterocycles. The molecule has 0 aliphatic carbocycles. The summed E-state index contributed by atoms with van der Waals surface area (Å²) in [5, 5.41) is 5.21. The molecule has 2 aromatic carbocycles. The van der Waals surface area contributed by atoms with Gasteiger partial charge in [0.15, 0.2) is 11.6 Å². The Bertz CT molecular complexity index is 1140. The molecular formula is C22H15ClF2N2O2S. The number of nitrogens with one attached hydrogen (secondary N) is 1. The van der Waals surface area contributed by atoms with Crippen LogP contribution >= 0.6 is 22.9 Å². The summed E-state index contributed by atoms with van der Waals surface area (Å²) in [4.78, 5) is 27.9. The summed E-state index contributed by atoms with van der Waals surface area (Å²) in [6, 6.07) is 13.9. The SMILES string of the molecule is O=C1C(Nc2ccc(F)c(F)c2)=C(c2cccs2)C(=O)N1CCc1ccc(Cl)cc1. The zero-order valence-electron chi connectivity index (χ0n) is 15.5. The first-order valence-electron chi connectivity index (χ1n) is 9.05. The van der Waals surface area contributed by atoms with E-state index in [0.717, 1.165) is 22.6 Å². The van der Waals surface area contributed by atoms with E-state index in [1.54, 1.807) is 29.6 Å². The highest BCUT2D eigenvalue weighted by Crippen LogP contribution is 2.33. The molecule has 1 N–H and O–H groups in total. The molecule has 4 nitrogen and oxygen atoms in total. The summed E-state index contributed by atoms with van der Waals surface area (Å²) < 4.78 is 26.9. The molecule has 0 radical (unpaired) electrons. The summed E-state index contributed by atoms with van der Waals surface area (Å²) in [6.45, 7) is 0.178. The molecule has 1 aliphatic heterocycles. The van der Waals surface area contributed by atoms with Gasteiger partial charge in [0, 0.05) is 28.2 Å². The quantitative estimate of drug-likeness (QED) is 0.537. The number of hydrogen-bond acceptors (Lipinski definition) is 4. The van der Waals surface area contributed by atoms with Gasteiger partial charge in [-0.05, 0) is 47.7 Å². The van der Waals surface area contributed by atoms with Crippen molar-refractivity contribution >= 4 is 46.0 Å². The first-order chi connectivity index (χ1) is 14.4. The second-order valence-electron chi connectivity index (χ2n) is 6.62. The van der Waals surface area contributed by atoms with Crippen LogP contribution in [0.25, 0.3) is 5.57 Å². The van der Waals surface area contributed by atoms with E-state index in [4.69, 9.17) is 11.6 Å². The molecule has 152 valence electrons. The summed E-state index contributed by atoms with van der Waals surface area (Å²) in [6.07, 6.45) is 0.463. The van der Waals surface area contributed by atoms with Gasteiger partial charge >= 0.3 is 0 Å². The van der Waals surface area contributed by atoms with E-state index in [9.17, 15) is 18.4 Å². The lowest BCUT2D eigenvalue weighted by molar-refractivity contribution is -0.136. The monoisotopic (exact) mass is 444 g/mol. The Hall–Kier alpha value is -3.03. The largest absolute Gasteiger partial charge is 0.350 e. The van der Waals surface area contributed by atoms with E-state index in [1.165, 1.54) is 17.4 Å². The molecule has 8 heteroatoms. The molecule has 0 fully saturated rings. The molecule has 1 aromatic heterocycles. The Kier molecular flexibility index (Phi) is 5.65. The minimum atomic E-state index is -1.05. The van der Waals surface area contributed by atoms with Gasteiger partial charge in [0.05, 0.1) is 5.57 Å². The Morgan fingerprint density at radius 1 is 0.967 bits per heavy atom. The van der Waals surface area contributed by atoms with E-state index in [2.05, 4.69) is 5.32 Å². The van der Waals surface area contributed by atoms with Gasteiger partial charge in [0.25, 0.3) is 11.8 Å². The number of rotatable bonds is 6. The fourth-order valence-corrected chi connectivity index (χ4v) is 4.05. The number of nitrogens with zero attached hydrogens (tertiary/aromatic N) is 1. The Labute approximate surface area is 180 Å². The number of amides is 2. The second-order valence-corrected chi connectivity index (χ2v) is 8.00. The fourth-order valence-electron chi connectivity index (χ4n) is 3.15. The predicted octanol–water partition coefficient (Wildman–Crippen LogP) is 5.11. The number of imide groups is 1. The van der Waals surface area contributed by atoms with Gasteiger partial charge in [-0.15, -0.1) is 11.3 Å². The molecule has 0 bridgehead atoms. The smallest absolute Gasteiger partial charge is 0.278 e. The van der Waals surface area contributed by atoms with E-state index in [1.807, 2.05) is 12.1 Å². The molecule has 30 heavy (non-hydrogen) atoms. The van der Waals surface area contributed by atoms with E-state index >= 15 is 0 Å². The highest BCUT2D eigenvalue weighted by atomic mass is 35.5. The van der Waals surface area contributed by atoms with Gasteiger partial charge in [-0.3, -0.25) is 14.5 Å². The van der Waals surface area contributed by atoms with Gasteiger partial charge in [-0.1, -0.05) is 29.8 Å².